The molecule has 0 saturated carbocycles. The first-order valence-electron chi connectivity index (χ1n) is 3.69. The van der Waals surface area contributed by atoms with Crippen molar-refractivity contribution >= 4 is 21.4 Å². The molecule has 68 valence electrons. The number of hydrogen-bond acceptors (Lipinski definition) is 2. The quantitative estimate of drug-likeness (QED) is 0.750. The van der Waals surface area contributed by atoms with Crippen molar-refractivity contribution in [1.29, 1.82) is 0 Å². The Bertz CT molecular complexity index is 450. The van der Waals surface area contributed by atoms with E-state index < -0.39 is 5.82 Å². The van der Waals surface area contributed by atoms with Crippen LogP contribution in [-0.4, -0.2) is 5.11 Å². The summed E-state index contributed by atoms with van der Waals surface area (Å²) in [5.41, 5.74) is 0.199. The van der Waals surface area contributed by atoms with Gasteiger partial charge >= 0.3 is 0 Å². The monoisotopic (exact) mass is 200 g/mol. The van der Waals surface area contributed by atoms with Crippen LogP contribution in [0.15, 0.2) is 18.2 Å². The second-order valence-electron chi connectivity index (χ2n) is 2.69. The van der Waals surface area contributed by atoms with Crippen LogP contribution >= 0.6 is 11.3 Å². The molecule has 1 heterocycles. The molecule has 2 aromatic rings. The molecular weight excluding hydrogens is 194 g/mol. The zero-order valence-electron chi connectivity index (χ0n) is 6.55. The van der Waals surface area contributed by atoms with E-state index in [9.17, 15) is 8.78 Å². The second kappa shape index (κ2) is 3.05. The molecule has 1 aromatic carbocycles. The lowest BCUT2D eigenvalue weighted by Crippen LogP contribution is -1.87. The number of aliphatic hydroxyl groups excluding tert-OH is 1. The molecule has 0 unspecified atom stereocenters. The summed E-state index contributed by atoms with van der Waals surface area (Å²) in [5, 5.41) is 9.04. The highest BCUT2D eigenvalue weighted by Crippen LogP contribution is 2.26. The van der Waals surface area contributed by atoms with Crippen LogP contribution in [0.5, 0.6) is 0 Å². The Labute approximate surface area is 77.2 Å². The van der Waals surface area contributed by atoms with E-state index in [2.05, 4.69) is 0 Å². The van der Waals surface area contributed by atoms with Gasteiger partial charge in [0, 0.05) is 10.3 Å². The Kier molecular flexibility index (Phi) is 2.01. The molecule has 2 rings (SSSR count). The number of aliphatic hydroxyl groups is 1. The lowest BCUT2D eigenvalue weighted by molar-refractivity contribution is 0.276. The van der Waals surface area contributed by atoms with Crippen molar-refractivity contribution in [3.05, 3.63) is 34.7 Å². The first kappa shape index (κ1) is 8.59. The van der Waals surface area contributed by atoms with Gasteiger partial charge in [0.15, 0.2) is 5.13 Å². The highest BCUT2D eigenvalue weighted by atomic mass is 32.1. The van der Waals surface area contributed by atoms with E-state index in [0.717, 1.165) is 11.3 Å². The van der Waals surface area contributed by atoms with Crippen molar-refractivity contribution in [2.75, 3.05) is 0 Å². The van der Waals surface area contributed by atoms with Crippen molar-refractivity contribution in [2.24, 2.45) is 0 Å². The highest BCUT2D eigenvalue weighted by Gasteiger charge is 2.06. The lowest BCUT2D eigenvalue weighted by atomic mass is 10.2. The molecule has 0 spiro atoms. The molecule has 1 nitrogen and oxygen atoms in total. The largest absolute Gasteiger partial charge is 0.392 e. The van der Waals surface area contributed by atoms with Crippen LogP contribution in [0, 0.1) is 10.9 Å². The molecule has 0 aliphatic rings. The Morgan fingerprint density at radius 1 is 1.23 bits per heavy atom. The predicted molar refractivity (Wildman–Crippen MR) is 47.7 cm³/mol. The molecule has 13 heavy (non-hydrogen) atoms. The van der Waals surface area contributed by atoms with E-state index in [-0.39, 0.29) is 17.3 Å². The molecule has 0 radical (unpaired) electrons. The van der Waals surface area contributed by atoms with Crippen LogP contribution < -0.4 is 0 Å². The third-order valence-electron chi connectivity index (χ3n) is 1.83. The van der Waals surface area contributed by atoms with Gasteiger partial charge in [0.2, 0.25) is 0 Å². The zero-order valence-corrected chi connectivity index (χ0v) is 7.37. The third kappa shape index (κ3) is 1.43. The van der Waals surface area contributed by atoms with Gasteiger partial charge in [-0.2, -0.15) is 4.39 Å². The van der Waals surface area contributed by atoms with Crippen molar-refractivity contribution < 1.29 is 13.9 Å². The Hall–Kier alpha value is -1.00. The van der Waals surface area contributed by atoms with Gasteiger partial charge in [-0.05, 0) is 23.6 Å². The Balaban J connectivity index is 2.72. The maximum atomic E-state index is 13.1. The fourth-order valence-electron chi connectivity index (χ4n) is 1.20. The molecule has 0 saturated heterocycles. The maximum absolute atomic E-state index is 13.1. The Morgan fingerprint density at radius 3 is 2.69 bits per heavy atom. The van der Waals surface area contributed by atoms with Gasteiger partial charge in [0.1, 0.15) is 5.82 Å². The number of halogens is 2. The number of benzene rings is 1. The molecule has 1 aromatic heterocycles. The average Bonchev–Trinajstić information content (AvgIpc) is 2.42. The molecule has 0 atom stereocenters. The van der Waals surface area contributed by atoms with E-state index in [1.165, 1.54) is 18.2 Å². The summed E-state index contributed by atoms with van der Waals surface area (Å²) in [6.07, 6.45) is 0. The molecule has 0 aliphatic carbocycles. The van der Waals surface area contributed by atoms with E-state index >= 15 is 0 Å². The summed E-state index contributed by atoms with van der Waals surface area (Å²) < 4.78 is 26.3. The number of hydrogen-bond donors (Lipinski definition) is 1. The molecule has 0 aliphatic heterocycles. The van der Waals surface area contributed by atoms with E-state index in [1.54, 1.807) is 0 Å². The minimum absolute atomic E-state index is 0.199. The number of rotatable bonds is 1. The molecule has 4 heteroatoms. The van der Waals surface area contributed by atoms with Gasteiger partial charge < -0.3 is 5.11 Å². The Morgan fingerprint density at radius 2 is 2.00 bits per heavy atom. The summed E-state index contributed by atoms with van der Waals surface area (Å²) in [5.74, 6) is -0.489. The van der Waals surface area contributed by atoms with Crippen LogP contribution in [0.2, 0.25) is 0 Å². The molecule has 0 fully saturated rings. The third-order valence-corrected chi connectivity index (χ3v) is 2.71. The van der Waals surface area contributed by atoms with Gasteiger partial charge in [-0.1, -0.05) is 0 Å². The predicted octanol–water partition coefficient (Wildman–Crippen LogP) is 2.67. The van der Waals surface area contributed by atoms with Crippen LogP contribution in [0.1, 0.15) is 5.56 Å². The maximum Gasteiger partial charge on any atom is 0.177 e. The van der Waals surface area contributed by atoms with Crippen LogP contribution in [-0.2, 0) is 6.61 Å². The lowest BCUT2D eigenvalue weighted by Gasteiger charge is -1.97. The van der Waals surface area contributed by atoms with E-state index in [4.69, 9.17) is 5.11 Å². The highest BCUT2D eigenvalue weighted by molar-refractivity contribution is 7.17. The van der Waals surface area contributed by atoms with Gasteiger partial charge in [-0.25, -0.2) is 4.39 Å². The van der Waals surface area contributed by atoms with Crippen LogP contribution in [0.3, 0.4) is 0 Å². The van der Waals surface area contributed by atoms with Crippen molar-refractivity contribution in [2.45, 2.75) is 6.61 Å². The SMILES string of the molecule is OCc1cc2cc(F)sc2cc1F. The zero-order chi connectivity index (χ0) is 9.42. The fourth-order valence-corrected chi connectivity index (χ4v) is 1.99. The van der Waals surface area contributed by atoms with Crippen LogP contribution in [0.4, 0.5) is 8.78 Å². The fraction of sp³-hybridized carbons (Fsp3) is 0.111. The number of fused-ring (bicyclic) bond motifs is 1. The van der Waals surface area contributed by atoms with Gasteiger partial charge in [0.25, 0.3) is 0 Å². The van der Waals surface area contributed by atoms with Crippen molar-refractivity contribution in [3.63, 3.8) is 0 Å². The minimum Gasteiger partial charge on any atom is -0.392 e. The van der Waals surface area contributed by atoms with E-state index in [1.807, 2.05) is 0 Å². The second-order valence-corrected chi connectivity index (χ2v) is 3.72. The molecule has 1 N–H and O–H groups in total. The summed E-state index contributed by atoms with van der Waals surface area (Å²) in [6, 6.07) is 4.04. The summed E-state index contributed by atoms with van der Waals surface area (Å²) in [4.78, 5) is 0. The summed E-state index contributed by atoms with van der Waals surface area (Å²) >= 11 is 0.897. The van der Waals surface area contributed by atoms with Gasteiger partial charge in [-0.15, -0.1) is 11.3 Å². The first-order chi connectivity index (χ1) is 6.20. The average molecular weight is 200 g/mol. The van der Waals surface area contributed by atoms with Gasteiger partial charge in [-0.3, -0.25) is 0 Å². The molecular formula is C9H6F2OS. The minimum atomic E-state index is -0.489. The van der Waals surface area contributed by atoms with Crippen LogP contribution in [0.25, 0.3) is 10.1 Å². The van der Waals surface area contributed by atoms with Crippen molar-refractivity contribution in [3.8, 4) is 0 Å². The normalized spacial score (nSPS) is 11.0. The standard InChI is InChI=1S/C9H6F2OS/c10-7-3-8-5(1-6(7)4-12)2-9(11)13-8/h1-3,12H,4H2. The van der Waals surface area contributed by atoms with E-state index in [0.29, 0.717) is 10.1 Å². The summed E-state index contributed by atoms with van der Waals surface area (Å²) in [6.45, 7) is -0.362. The smallest absolute Gasteiger partial charge is 0.177 e. The summed E-state index contributed by atoms with van der Waals surface area (Å²) in [7, 11) is 0. The van der Waals surface area contributed by atoms with Gasteiger partial charge in [0.05, 0.1) is 6.61 Å². The molecule has 0 amide bonds. The number of thiophene rings is 1. The molecule has 0 bridgehead atoms. The van der Waals surface area contributed by atoms with Crippen molar-refractivity contribution in [1.82, 2.24) is 0 Å². The first-order valence-corrected chi connectivity index (χ1v) is 4.50. The topological polar surface area (TPSA) is 20.2 Å².